The summed E-state index contributed by atoms with van der Waals surface area (Å²) in [4.78, 5) is 0. The summed E-state index contributed by atoms with van der Waals surface area (Å²) in [6, 6.07) is 0. The number of hydrogen-bond acceptors (Lipinski definition) is 2. The van der Waals surface area contributed by atoms with Crippen molar-refractivity contribution in [3.63, 3.8) is 0 Å². The number of nitrogens with one attached hydrogen (secondary N) is 1. The topological polar surface area (TPSA) is 12.0 Å². The van der Waals surface area contributed by atoms with E-state index in [0.717, 1.165) is 6.42 Å². The standard InChI is InChI=1S/C8H15F2NS/c1-8(3-2-4-12-8)6-11-5-7(9)10/h7,11H,2-6H2,1H3. The van der Waals surface area contributed by atoms with E-state index in [2.05, 4.69) is 12.2 Å². The Kier molecular flexibility index (Phi) is 3.77. The van der Waals surface area contributed by atoms with Crippen molar-refractivity contribution >= 4 is 11.8 Å². The molecule has 0 amide bonds. The van der Waals surface area contributed by atoms with E-state index < -0.39 is 6.43 Å². The van der Waals surface area contributed by atoms with Gasteiger partial charge in [-0.1, -0.05) is 0 Å². The number of halogens is 2. The number of thioether (sulfide) groups is 1. The molecule has 0 spiro atoms. The van der Waals surface area contributed by atoms with Gasteiger partial charge in [0.2, 0.25) is 0 Å². The molecule has 0 saturated carbocycles. The molecule has 1 atom stereocenters. The molecule has 1 aliphatic heterocycles. The lowest BCUT2D eigenvalue weighted by Crippen LogP contribution is -2.35. The van der Waals surface area contributed by atoms with Gasteiger partial charge >= 0.3 is 0 Å². The zero-order valence-corrected chi connectivity index (χ0v) is 8.09. The summed E-state index contributed by atoms with van der Waals surface area (Å²) in [5.41, 5.74) is 0. The predicted molar refractivity (Wildman–Crippen MR) is 49.0 cm³/mol. The van der Waals surface area contributed by atoms with Crippen molar-refractivity contribution < 1.29 is 8.78 Å². The van der Waals surface area contributed by atoms with Crippen LogP contribution in [0.2, 0.25) is 0 Å². The van der Waals surface area contributed by atoms with Crippen molar-refractivity contribution in [1.82, 2.24) is 5.32 Å². The smallest absolute Gasteiger partial charge is 0.250 e. The maximum Gasteiger partial charge on any atom is 0.250 e. The third-order valence-electron chi connectivity index (χ3n) is 2.10. The van der Waals surface area contributed by atoms with Crippen LogP contribution in [0.5, 0.6) is 0 Å². The van der Waals surface area contributed by atoms with E-state index in [-0.39, 0.29) is 11.3 Å². The van der Waals surface area contributed by atoms with E-state index in [9.17, 15) is 8.78 Å². The average Bonchev–Trinajstić information content (AvgIpc) is 2.35. The summed E-state index contributed by atoms with van der Waals surface area (Å²) in [5, 5.41) is 2.80. The highest BCUT2D eigenvalue weighted by molar-refractivity contribution is 8.00. The summed E-state index contributed by atoms with van der Waals surface area (Å²) in [6.07, 6.45) is 0.144. The molecule has 1 nitrogen and oxygen atoms in total. The lowest BCUT2D eigenvalue weighted by molar-refractivity contribution is 0.145. The molecule has 12 heavy (non-hydrogen) atoms. The Morgan fingerprint density at radius 3 is 2.83 bits per heavy atom. The molecule has 1 N–H and O–H groups in total. The van der Waals surface area contributed by atoms with Crippen molar-refractivity contribution in [2.75, 3.05) is 18.8 Å². The maximum absolute atomic E-state index is 11.8. The van der Waals surface area contributed by atoms with E-state index >= 15 is 0 Å². The third kappa shape index (κ3) is 3.27. The fourth-order valence-corrected chi connectivity index (χ4v) is 2.70. The third-order valence-corrected chi connectivity index (χ3v) is 3.64. The van der Waals surface area contributed by atoms with Crippen LogP contribution in [0.25, 0.3) is 0 Å². The van der Waals surface area contributed by atoms with Gasteiger partial charge in [-0.25, -0.2) is 8.78 Å². The summed E-state index contributed by atoms with van der Waals surface area (Å²) < 4.78 is 23.7. The van der Waals surface area contributed by atoms with Crippen LogP contribution in [0, 0.1) is 0 Å². The van der Waals surface area contributed by atoms with Gasteiger partial charge in [0.15, 0.2) is 0 Å². The minimum Gasteiger partial charge on any atom is -0.310 e. The monoisotopic (exact) mass is 195 g/mol. The highest BCUT2D eigenvalue weighted by Gasteiger charge is 2.28. The van der Waals surface area contributed by atoms with Crippen molar-refractivity contribution in [2.24, 2.45) is 0 Å². The van der Waals surface area contributed by atoms with Crippen LogP contribution in [-0.2, 0) is 0 Å². The zero-order valence-electron chi connectivity index (χ0n) is 7.28. The largest absolute Gasteiger partial charge is 0.310 e. The van der Waals surface area contributed by atoms with E-state index in [1.54, 1.807) is 0 Å². The minimum absolute atomic E-state index is 0.170. The van der Waals surface area contributed by atoms with Gasteiger partial charge in [-0.15, -0.1) is 0 Å². The van der Waals surface area contributed by atoms with Gasteiger partial charge in [-0.05, 0) is 25.5 Å². The molecule has 1 aliphatic rings. The molecule has 1 fully saturated rings. The fraction of sp³-hybridized carbons (Fsp3) is 1.00. The molecule has 0 aromatic rings. The van der Waals surface area contributed by atoms with Crippen LogP contribution in [0.4, 0.5) is 8.78 Å². The first-order valence-corrected chi connectivity index (χ1v) is 5.24. The Labute approximate surface area is 76.3 Å². The first-order chi connectivity index (χ1) is 5.62. The van der Waals surface area contributed by atoms with E-state index in [4.69, 9.17) is 0 Å². The molecule has 0 aliphatic carbocycles. The van der Waals surface area contributed by atoms with E-state index in [1.165, 1.54) is 12.2 Å². The predicted octanol–water partition coefficient (Wildman–Crippen LogP) is 2.13. The summed E-state index contributed by atoms with van der Waals surface area (Å²) in [5.74, 6) is 1.17. The lowest BCUT2D eigenvalue weighted by atomic mass is 10.1. The van der Waals surface area contributed by atoms with Gasteiger partial charge < -0.3 is 5.32 Å². The molecule has 0 aromatic heterocycles. The number of hydrogen-bond donors (Lipinski definition) is 1. The van der Waals surface area contributed by atoms with Crippen LogP contribution in [-0.4, -0.2) is 30.0 Å². The van der Waals surface area contributed by atoms with Gasteiger partial charge in [0.25, 0.3) is 6.43 Å². The first-order valence-electron chi connectivity index (χ1n) is 4.25. The molecule has 1 saturated heterocycles. The normalized spacial score (nSPS) is 30.0. The fourth-order valence-electron chi connectivity index (χ4n) is 1.42. The van der Waals surface area contributed by atoms with Gasteiger partial charge in [0.05, 0.1) is 6.54 Å². The lowest BCUT2D eigenvalue weighted by Gasteiger charge is -2.22. The summed E-state index contributed by atoms with van der Waals surface area (Å²) >= 11 is 1.89. The minimum atomic E-state index is -2.22. The molecular weight excluding hydrogens is 180 g/mol. The van der Waals surface area contributed by atoms with Crippen molar-refractivity contribution in [3.05, 3.63) is 0 Å². The second-order valence-corrected chi connectivity index (χ2v) is 5.11. The number of alkyl halides is 2. The quantitative estimate of drug-likeness (QED) is 0.737. The van der Waals surface area contributed by atoms with Gasteiger partial charge in [-0.2, -0.15) is 11.8 Å². The molecule has 1 rings (SSSR count). The van der Waals surface area contributed by atoms with Gasteiger partial charge in [0, 0.05) is 11.3 Å². The van der Waals surface area contributed by atoms with Crippen LogP contribution in [0.1, 0.15) is 19.8 Å². The zero-order chi connectivity index (χ0) is 9.03. The Morgan fingerprint density at radius 2 is 2.33 bits per heavy atom. The molecular formula is C8H15F2NS. The maximum atomic E-state index is 11.8. The Hall–Kier alpha value is 0.170. The highest BCUT2D eigenvalue weighted by atomic mass is 32.2. The SMILES string of the molecule is CC1(CNCC(F)F)CCCS1. The Balaban J connectivity index is 2.13. The van der Waals surface area contributed by atoms with Crippen LogP contribution in [0.15, 0.2) is 0 Å². The summed E-state index contributed by atoms with van der Waals surface area (Å²) in [7, 11) is 0. The second kappa shape index (κ2) is 4.42. The van der Waals surface area contributed by atoms with E-state index in [0.29, 0.717) is 6.54 Å². The summed E-state index contributed by atoms with van der Waals surface area (Å²) in [6.45, 7) is 2.68. The van der Waals surface area contributed by atoms with Crippen LogP contribution < -0.4 is 5.32 Å². The molecule has 0 bridgehead atoms. The Bertz CT molecular complexity index is 135. The molecule has 1 unspecified atom stereocenters. The molecule has 0 radical (unpaired) electrons. The molecule has 4 heteroatoms. The van der Waals surface area contributed by atoms with Gasteiger partial charge in [-0.3, -0.25) is 0 Å². The molecule has 1 heterocycles. The second-order valence-electron chi connectivity index (χ2n) is 3.42. The van der Waals surface area contributed by atoms with Crippen molar-refractivity contribution in [1.29, 1.82) is 0 Å². The molecule has 0 aromatic carbocycles. The van der Waals surface area contributed by atoms with Gasteiger partial charge in [0.1, 0.15) is 0 Å². The van der Waals surface area contributed by atoms with Crippen molar-refractivity contribution in [3.8, 4) is 0 Å². The van der Waals surface area contributed by atoms with E-state index in [1.807, 2.05) is 11.8 Å². The number of rotatable bonds is 4. The average molecular weight is 195 g/mol. The molecule has 72 valence electrons. The first kappa shape index (κ1) is 10.3. The van der Waals surface area contributed by atoms with Crippen molar-refractivity contribution in [2.45, 2.75) is 30.9 Å². The Morgan fingerprint density at radius 1 is 1.58 bits per heavy atom. The highest BCUT2D eigenvalue weighted by Crippen LogP contribution is 2.36. The van der Waals surface area contributed by atoms with Crippen LogP contribution >= 0.6 is 11.8 Å². The van der Waals surface area contributed by atoms with Crippen LogP contribution in [0.3, 0.4) is 0 Å².